The summed E-state index contributed by atoms with van der Waals surface area (Å²) in [6.45, 7) is 4.97. The second kappa shape index (κ2) is 5.63. The van der Waals surface area contributed by atoms with E-state index in [1.807, 2.05) is 13.0 Å². The number of hydrogen-bond donors (Lipinski definition) is 1. The number of aryl methyl sites for hydroxylation is 1. The maximum atomic E-state index is 5.76. The van der Waals surface area contributed by atoms with Gasteiger partial charge in [-0.25, -0.2) is 9.97 Å². The monoisotopic (exact) mass is 249 g/mol. The first-order valence-corrected chi connectivity index (χ1v) is 6.53. The maximum absolute atomic E-state index is 5.76. The van der Waals surface area contributed by atoms with Gasteiger partial charge in [0.15, 0.2) is 0 Å². The molecule has 1 saturated heterocycles. The lowest BCUT2D eigenvalue weighted by Crippen LogP contribution is -2.44. The van der Waals surface area contributed by atoms with E-state index in [-0.39, 0.29) is 0 Å². The summed E-state index contributed by atoms with van der Waals surface area (Å²) < 4.78 is 0. The van der Waals surface area contributed by atoms with Crippen LogP contribution in [-0.2, 0) is 6.54 Å². The van der Waals surface area contributed by atoms with Crippen LogP contribution in [0.25, 0.3) is 0 Å². The summed E-state index contributed by atoms with van der Waals surface area (Å²) in [7, 11) is 4.30. The van der Waals surface area contributed by atoms with Gasteiger partial charge in [-0.15, -0.1) is 0 Å². The highest BCUT2D eigenvalue weighted by Gasteiger charge is 2.21. The third-order valence-electron chi connectivity index (χ3n) is 3.50. The van der Waals surface area contributed by atoms with Gasteiger partial charge in [-0.05, 0) is 40.4 Å². The first-order chi connectivity index (χ1) is 8.54. The molecule has 0 radical (unpaired) electrons. The van der Waals surface area contributed by atoms with Crippen molar-refractivity contribution in [3.63, 3.8) is 0 Å². The molecule has 5 heteroatoms. The summed E-state index contributed by atoms with van der Waals surface area (Å²) in [6, 6.07) is 2.45. The Hall–Kier alpha value is -1.20. The molecule has 1 aliphatic rings. The molecule has 2 N–H and O–H groups in total. The highest BCUT2D eigenvalue weighted by Crippen LogP contribution is 2.15. The number of likely N-dealkylation sites (N-methyl/N-ethyl adjacent to an activating group) is 1. The average Bonchev–Trinajstić information content (AvgIpc) is 2.27. The van der Waals surface area contributed by atoms with Crippen molar-refractivity contribution in [3.8, 4) is 0 Å². The summed E-state index contributed by atoms with van der Waals surface area (Å²) in [6.07, 6.45) is 2.52. The Morgan fingerprint density at radius 3 is 2.89 bits per heavy atom. The van der Waals surface area contributed by atoms with Crippen LogP contribution < -0.4 is 5.73 Å². The van der Waals surface area contributed by atoms with Crippen molar-refractivity contribution >= 4 is 5.82 Å². The topological polar surface area (TPSA) is 58.3 Å². The van der Waals surface area contributed by atoms with Crippen molar-refractivity contribution in [2.24, 2.45) is 0 Å². The van der Waals surface area contributed by atoms with E-state index in [0.717, 1.165) is 31.2 Å². The predicted molar refractivity (Wildman–Crippen MR) is 73.2 cm³/mol. The van der Waals surface area contributed by atoms with Gasteiger partial charge in [-0.3, -0.25) is 4.90 Å². The van der Waals surface area contributed by atoms with Gasteiger partial charge in [-0.1, -0.05) is 0 Å². The number of anilines is 1. The Labute approximate surface area is 109 Å². The second-order valence-electron chi connectivity index (χ2n) is 5.35. The summed E-state index contributed by atoms with van der Waals surface area (Å²) >= 11 is 0. The Balaban J connectivity index is 2.00. The van der Waals surface area contributed by atoms with Gasteiger partial charge in [0.25, 0.3) is 0 Å². The van der Waals surface area contributed by atoms with Crippen LogP contribution in [0.5, 0.6) is 0 Å². The molecule has 2 heterocycles. The molecule has 100 valence electrons. The van der Waals surface area contributed by atoms with Crippen molar-refractivity contribution in [2.45, 2.75) is 32.4 Å². The van der Waals surface area contributed by atoms with Gasteiger partial charge in [0.1, 0.15) is 11.6 Å². The maximum Gasteiger partial charge on any atom is 0.144 e. The van der Waals surface area contributed by atoms with E-state index in [2.05, 4.69) is 33.9 Å². The normalized spacial score (nSPS) is 21.4. The highest BCUT2D eigenvalue weighted by atomic mass is 15.2. The number of hydrogen-bond acceptors (Lipinski definition) is 5. The number of nitrogens with zero attached hydrogens (tertiary/aromatic N) is 4. The molecule has 1 atom stereocenters. The van der Waals surface area contributed by atoms with E-state index in [4.69, 9.17) is 5.73 Å². The van der Waals surface area contributed by atoms with Gasteiger partial charge in [-0.2, -0.15) is 0 Å². The molecule has 0 bridgehead atoms. The molecular weight excluding hydrogens is 226 g/mol. The summed E-state index contributed by atoms with van der Waals surface area (Å²) in [5.74, 6) is 1.41. The minimum atomic E-state index is 0.568. The first kappa shape index (κ1) is 13.2. The molecule has 0 spiro atoms. The van der Waals surface area contributed by atoms with Crippen LogP contribution in [-0.4, -0.2) is 53.0 Å². The van der Waals surface area contributed by atoms with E-state index in [0.29, 0.717) is 11.9 Å². The third-order valence-corrected chi connectivity index (χ3v) is 3.50. The fourth-order valence-corrected chi connectivity index (χ4v) is 2.52. The molecule has 18 heavy (non-hydrogen) atoms. The van der Waals surface area contributed by atoms with Crippen molar-refractivity contribution in [1.82, 2.24) is 19.8 Å². The lowest BCUT2D eigenvalue weighted by molar-refractivity contribution is 0.125. The van der Waals surface area contributed by atoms with E-state index in [1.54, 1.807) is 0 Å². The van der Waals surface area contributed by atoms with Gasteiger partial charge in [0.05, 0.1) is 6.54 Å². The van der Waals surface area contributed by atoms with E-state index < -0.39 is 0 Å². The first-order valence-electron chi connectivity index (χ1n) is 6.53. The Morgan fingerprint density at radius 1 is 1.44 bits per heavy atom. The lowest BCUT2D eigenvalue weighted by atomic mass is 10.1. The molecular formula is C13H23N5. The zero-order valence-corrected chi connectivity index (χ0v) is 11.6. The molecule has 1 aromatic rings. The Kier molecular flexibility index (Phi) is 4.14. The number of nitrogens with two attached hydrogens (primary N) is 1. The number of aromatic nitrogens is 2. The molecule has 0 amide bonds. The molecule has 0 saturated carbocycles. The van der Waals surface area contributed by atoms with Gasteiger partial charge in [0.2, 0.25) is 0 Å². The molecule has 1 unspecified atom stereocenters. The minimum absolute atomic E-state index is 0.568. The highest BCUT2D eigenvalue weighted by molar-refractivity contribution is 5.29. The molecule has 1 fully saturated rings. The minimum Gasteiger partial charge on any atom is -0.384 e. The van der Waals surface area contributed by atoms with Crippen LogP contribution in [0.4, 0.5) is 5.82 Å². The smallest absolute Gasteiger partial charge is 0.144 e. The zero-order valence-electron chi connectivity index (χ0n) is 11.6. The van der Waals surface area contributed by atoms with Gasteiger partial charge < -0.3 is 10.6 Å². The Morgan fingerprint density at radius 2 is 2.22 bits per heavy atom. The van der Waals surface area contributed by atoms with Crippen molar-refractivity contribution in [2.75, 3.05) is 32.9 Å². The van der Waals surface area contributed by atoms with Crippen LogP contribution in [0.15, 0.2) is 6.07 Å². The van der Waals surface area contributed by atoms with Crippen LogP contribution in [0.2, 0.25) is 0 Å². The van der Waals surface area contributed by atoms with Crippen molar-refractivity contribution in [1.29, 1.82) is 0 Å². The third kappa shape index (κ3) is 3.40. The molecule has 5 nitrogen and oxygen atoms in total. The fraction of sp³-hybridized carbons (Fsp3) is 0.692. The van der Waals surface area contributed by atoms with E-state index >= 15 is 0 Å². The second-order valence-corrected chi connectivity index (χ2v) is 5.35. The Bertz CT molecular complexity index is 384. The fourth-order valence-electron chi connectivity index (χ4n) is 2.52. The van der Waals surface area contributed by atoms with Crippen LogP contribution >= 0.6 is 0 Å². The number of nitrogen functional groups attached to an aromatic ring is 1. The number of rotatable bonds is 3. The standard InChI is InChI=1S/C13H23N5/c1-10-7-12(14)16-13(15-10)9-18-6-4-5-11(8-18)17(2)3/h7,11H,4-6,8-9H2,1-3H3,(H2,14,15,16). The molecule has 1 aromatic heterocycles. The molecule has 1 aliphatic heterocycles. The molecule has 0 aromatic carbocycles. The van der Waals surface area contributed by atoms with Crippen LogP contribution in [0.3, 0.4) is 0 Å². The number of likely N-dealkylation sites (tertiary alicyclic amines) is 1. The number of piperidine rings is 1. The quantitative estimate of drug-likeness (QED) is 0.862. The predicted octanol–water partition coefficient (Wildman–Crippen LogP) is 0.893. The average molecular weight is 249 g/mol. The van der Waals surface area contributed by atoms with E-state index in [1.165, 1.54) is 12.8 Å². The summed E-state index contributed by atoms with van der Waals surface area (Å²) in [5.41, 5.74) is 6.71. The van der Waals surface area contributed by atoms with Gasteiger partial charge in [0, 0.05) is 24.3 Å². The van der Waals surface area contributed by atoms with Crippen LogP contribution in [0, 0.1) is 6.92 Å². The lowest BCUT2D eigenvalue weighted by Gasteiger charge is -2.35. The van der Waals surface area contributed by atoms with Crippen LogP contribution in [0.1, 0.15) is 24.4 Å². The molecule has 0 aliphatic carbocycles. The van der Waals surface area contributed by atoms with Crippen molar-refractivity contribution in [3.05, 3.63) is 17.6 Å². The summed E-state index contributed by atoms with van der Waals surface area (Å²) in [5, 5.41) is 0. The van der Waals surface area contributed by atoms with Crippen molar-refractivity contribution < 1.29 is 0 Å². The summed E-state index contributed by atoms with van der Waals surface area (Å²) in [4.78, 5) is 13.5. The molecule has 2 rings (SSSR count). The van der Waals surface area contributed by atoms with Gasteiger partial charge >= 0.3 is 0 Å². The largest absolute Gasteiger partial charge is 0.384 e. The van der Waals surface area contributed by atoms with E-state index in [9.17, 15) is 0 Å². The zero-order chi connectivity index (χ0) is 13.1. The SMILES string of the molecule is Cc1cc(N)nc(CN2CCCC(N(C)C)C2)n1.